The van der Waals surface area contributed by atoms with E-state index in [2.05, 4.69) is 19.1 Å². The summed E-state index contributed by atoms with van der Waals surface area (Å²) in [7, 11) is 0. The first kappa shape index (κ1) is 24.9. The molecule has 0 amide bonds. The Hall–Kier alpha value is -1.17. The largest absolute Gasteiger partial charge is 0.462 e. The Bertz CT molecular complexity index is 474. The van der Waals surface area contributed by atoms with Gasteiger partial charge in [0.25, 0.3) is 0 Å². The molecule has 0 aliphatic heterocycles. The Kier molecular flexibility index (Phi) is 13.1. The summed E-state index contributed by atoms with van der Waals surface area (Å²) in [6.07, 6.45) is 15.4. The van der Waals surface area contributed by atoms with Crippen molar-refractivity contribution < 1.29 is 24.9 Å². The van der Waals surface area contributed by atoms with Crippen molar-refractivity contribution in [1.29, 1.82) is 0 Å². The van der Waals surface area contributed by atoms with Gasteiger partial charge in [-0.3, -0.25) is 4.79 Å². The lowest BCUT2D eigenvalue weighted by atomic mass is 9.85. The average Bonchev–Trinajstić information content (AvgIpc) is 2.91. The number of hydrogen-bond acceptors (Lipinski definition) is 5. The van der Waals surface area contributed by atoms with Crippen LogP contribution in [0.3, 0.4) is 0 Å². The molecule has 5 nitrogen and oxygen atoms in total. The smallest absolute Gasteiger partial charge is 0.302 e. The van der Waals surface area contributed by atoms with E-state index in [9.17, 15) is 20.1 Å². The van der Waals surface area contributed by atoms with E-state index in [1.165, 1.54) is 6.92 Å². The van der Waals surface area contributed by atoms with E-state index in [1.54, 1.807) is 0 Å². The quantitative estimate of drug-likeness (QED) is 0.235. The van der Waals surface area contributed by atoms with Gasteiger partial charge < -0.3 is 20.1 Å². The highest BCUT2D eigenvalue weighted by Crippen LogP contribution is 2.38. The molecular weight excluding hydrogens is 356 g/mol. The fourth-order valence-corrected chi connectivity index (χ4v) is 3.98. The van der Waals surface area contributed by atoms with Gasteiger partial charge in [-0.25, -0.2) is 0 Å². The van der Waals surface area contributed by atoms with Gasteiger partial charge in [-0.05, 0) is 56.8 Å². The molecule has 0 aromatic rings. The third kappa shape index (κ3) is 10.4. The minimum absolute atomic E-state index is 0.0594. The second kappa shape index (κ2) is 14.8. The molecular formula is C23H40O5. The normalized spacial score (nSPS) is 26.3. The number of hydrogen-bond donors (Lipinski definition) is 3. The zero-order valence-electron chi connectivity index (χ0n) is 17.6. The maximum atomic E-state index is 10.6. The van der Waals surface area contributed by atoms with Crippen LogP contribution in [0.5, 0.6) is 0 Å². The fraction of sp³-hybridized carbons (Fsp3) is 0.783. The van der Waals surface area contributed by atoms with Crippen molar-refractivity contribution in [3.8, 4) is 0 Å². The minimum atomic E-state index is -0.472. The van der Waals surface area contributed by atoms with Gasteiger partial charge in [-0.2, -0.15) is 0 Å². The number of aliphatic hydroxyl groups is 3. The van der Waals surface area contributed by atoms with Crippen molar-refractivity contribution in [3.05, 3.63) is 24.3 Å². The second-order valence-electron chi connectivity index (χ2n) is 7.98. The maximum Gasteiger partial charge on any atom is 0.302 e. The van der Waals surface area contributed by atoms with Crippen molar-refractivity contribution in [2.75, 3.05) is 6.61 Å². The first-order valence-corrected chi connectivity index (χ1v) is 10.9. The molecule has 5 heteroatoms. The average molecular weight is 397 g/mol. The molecule has 1 aliphatic carbocycles. The van der Waals surface area contributed by atoms with E-state index in [0.29, 0.717) is 19.4 Å². The highest BCUT2D eigenvalue weighted by molar-refractivity contribution is 5.65. The molecule has 0 bridgehead atoms. The van der Waals surface area contributed by atoms with Gasteiger partial charge in [0.1, 0.15) is 6.61 Å². The standard InChI is InChI=1S/C23H40O5/c1-3-4-9-12-19(25)14-15-21-20(22(26)17-23(21)27)13-10-7-5-6-8-11-16-28-18(2)24/h7-8,10-11,19-23,25-27H,3-6,9,12-17H2,1-2H3/t19-,20+,21+,22-,23+/m0/s1. The molecule has 0 heterocycles. The van der Waals surface area contributed by atoms with Crippen LogP contribution >= 0.6 is 0 Å². The third-order valence-electron chi connectivity index (χ3n) is 5.62. The summed E-state index contributed by atoms with van der Waals surface area (Å²) < 4.78 is 4.82. The van der Waals surface area contributed by atoms with Crippen molar-refractivity contribution in [3.63, 3.8) is 0 Å². The van der Waals surface area contributed by atoms with E-state index < -0.39 is 12.2 Å². The third-order valence-corrected chi connectivity index (χ3v) is 5.62. The molecule has 28 heavy (non-hydrogen) atoms. The Balaban J connectivity index is 2.31. The first-order chi connectivity index (χ1) is 13.5. The lowest BCUT2D eigenvalue weighted by molar-refractivity contribution is -0.139. The van der Waals surface area contributed by atoms with Crippen molar-refractivity contribution in [2.24, 2.45) is 11.8 Å². The number of carbonyl (C=O) groups is 1. The van der Waals surface area contributed by atoms with Gasteiger partial charge >= 0.3 is 5.97 Å². The molecule has 3 N–H and O–H groups in total. The van der Waals surface area contributed by atoms with Crippen LogP contribution in [0.1, 0.15) is 78.1 Å². The molecule has 0 aromatic heterocycles. The number of esters is 1. The van der Waals surface area contributed by atoms with E-state index in [1.807, 2.05) is 12.2 Å². The van der Waals surface area contributed by atoms with Gasteiger partial charge in [-0.1, -0.05) is 50.5 Å². The first-order valence-electron chi connectivity index (χ1n) is 10.9. The highest BCUT2D eigenvalue weighted by Gasteiger charge is 2.40. The zero-order valence-corrected chi connectivity index (χ0v) is 17.6. The van der Waals surface area contributed by atoms with Crippen LogP contribution in [-0.2, 0) is 9.53 Å². The van der Waals surface area contributed by atoms with Crippen LogP contribution in [0.25, 0.3) is 0 Å². The summed E-state index contributed by atoms with van der Waals surface area (Å²) in [5.41, 5.74) is 0. The van der Waals surface area contributed by atoms with Gasteiger partial charge in [0.05, 0.1) is 18.3 Å². The van der Waals surface area contributed by atoms with Gasteiger partial charge in [-0.15, -0.1) is 0 Å². The molecule has 1 saturated carbocycles. The molecule has 0 radical (unpaired) electrons. The monoisotopic (exact) mass is 396 g/mol. The van der Waals surface area contributed by atoms with E-state index >= 15 is 0 Å². The molecule has 0 spiro atoms. The van der Waals surface area contributed by atoms with Crippen LogP contribution < -0.4 is 0 Å². The minimum Gasteiger partial charge on any atom is -0.462 e. The number of ether oxygens (including phenoxy) is 1. The molecule has 1 rings (SSSR count). The van der Waals surface area contributed by atoms with E-state index in [4.69, 9.17) is 4.74 Å². The summed E-state index contributed by atoms with van der Waals surface area (Å²) in [5.74, 6) is -0.150. The summed E-state index contributed by atoms with van der Waals surface area (Å²) >= 11 is 0. The molecule has 0 unspecified atom stereocenters. The van der Waals surface area contributed by atoms with Crippen LogP contribution in [-0.4, -0.2) is 46.2 Å². The maximum absolute atomic E-state index is 10.6. The molecule has 5 atom stereocenters. The fourth-order valence-electron chi connectivity index (χ4n) is 3.98. The van der Waals surface area contributed by atoms with Crippen LogP contribution in [0.15, 0.2) is 24.3 Å². The summed E-state index contributed by atoms with van der Waals surface area (Å²) in [4.78, 5) is 10.6. The topological polar surface area (TPSA) is 87.0 Å². The molecule has 1 fully saturated rings. The number of rotatable bonds is 14. The second-order valence-corrected chi connectivity index (χ2v) is 7.98. The van der Waals surface area contributed by atoms with E-state index in [0.717, 1.165) is 51.4 Å². The molecule has 0 aromatic carbocycles. The number of unbranched alkanes of at least 4 members (excludes halogenated alkanes) is 3. The predicted molar refractivity (Wildman–Crippen MR) is 112 cm³/mol. The summed E-state index contributed by atoms with van der Waals surface area (Å²) in [6.45, 7) is 3.86. The van der Waals surface area contributed by atoms with E-state index in [-0.39, 0.29) is 23.9 Å². The molecule has 162 valence electrons. The summed E-state index contributed by atoms with van der Waals surface area (Å²) in [6, 6.07) is 0. The highest BCUT2D eigenvalue weighted by atomic mass is 16.5. The number of carbonyl (C=O) groups excluding carboxylic acids is 1. The number of allylic oxidation sites excluding steroid dienone is 3. The number of aliphatic hydroxyl groups excluding tert-OH is 3. The van der Waals surface area contributed by atoms with Crippen molar-refractivity contribution >= 4 is 5.97 Å². The van der Waals surface area contributed by atoms with Crippen LogP contribution in [0, 0.1) is 11.8 Å². The van der Waals surface area contributed by atoms with Crippen LogP contribution in [0.2, 0.25) is 0 Å². The Morgan fingerprint density at radius 2 is 1.71 bits per heavy atom. The zero-order chi connectivity index (χ0) is 20.8. The van der Waals surface area contributed by atoms with Gasteiger partial charge in [0.15, 0.2) is 0 Å². The Labute approximate surface area is 170 Å². The van der Waals surface area contributed by atoms with Crippen LogP contribution in [0.4, 0.5) is 0 Å². The summed E-state index contributed by atoms with van der Waals surface area (Å²) in [5, 5.41) is 30.8. The van der Waals surface area contributed by atoms with Crippen molar-refractivity contribution in [1.82, 2.24) is 0 Å². The molecule has 0 saturated heterocycles. The Morgan fingerprint density at radius 3 is 2.39 bits per heavy atom. The lowest BCUT2D eigenvalue weighted by Gasteiger charge is -2.23. The van der Waals surface area contributed by atoms with Gasteiger partial charge in [0.2, 0.25) is 0 Å². The lowest BCUT2D eigenvalue weighted by Crippen LogP contribution is -2.23. The van der Waals surface area contributed by atoms with Gasteiger partial charge in [0, 0.05) is 6.92 Å². The molecule has 1 aliphatic rings. The predicted octanol–water partition coefficient (Wildman–Crippen LogP) is 3.91. The SMILES string of the molecule is CCCCC[C@H](O)CC[C@@H]1[C@@H](CC=CCCC=CCOC(C)=O)[C@@H](O)C[C@H]1O. The Morgan fingerprint density at radius 1 is 1.04 bits per heavy atom. The van der Waals surface area contributed by atoms with Crippen molar-refractivity contribution in [2.45, 2.75) is 96.4 Å².